The number of carboxylic acids is 6. The second-order valence-electron chi connectivity index (χ2n) is 12.8. The molecule has 9 N–H and O–H groups in total. The molecule has 2 aliphatic heterocycles. The lowest BCUT2D eigenvalue weighted by Gasteiger charge is -2.42. The van der Waals surface area contributed by atoms with E-state index in [0.717, 1.165) is 65.4 Å². The number of ketones is 1. The van der Waals surface area contributed by atoms with Gasteiger partial charge >= 0.3 is 35.8 Å². The molecule has 20 heteroatoms. The van der Waals surface area contributed by atoms with E-state index < -0.39 is 35.8 Å². The van der Waals surface area contributed by atoms with Crippen molar-refractivity contribution in [2.45, 2.75) is 13.0 Å². The van der Waals surface area contributed by atoms with Crippen molar-refractivity contribution in [2.75, 3.05) is 72.5 Å². The second-order valence-corrected chi connectivity index (χ2v) is 12.8. The van der Waals surface area contributed by atoms with E-state index in [-0.39, 0.29) is 34.8 Å². The summed E-state index contributed by atoms with van der Waals surface area (Å²) in [4.78, 5) is 79.9. The Morgan fingerprint density at radius 1 is 0.576 bits per heavy atom. The number of carbonyl (C=O) groups is 7. The van der Waals surface area contributed by atoms with Gasteiger partial charge in [-0.25, -0.2) is 33.2 Å². The molecule has 0 radical (unpaired) electrons. The zero-order valence-corrected chi connectivity index (χ0v) is 32.5. The molecule has 2 aliphatic rings. The number of hydrogen-bond donors (Lipinski definition) is 7. The Labute approximate surface area is 339 Å². The van der Waals surface area contributed by atoms with Gasteiger partial charge in [0, 0.05) is 119 Å². The monoisotopic (exact) mass is 834 g/mol. The van der Waals surface area contributed by atoms with Gasteiger partial charge in [-0.15, -0.1) is 0 Å². The molecule has 2 aromatic carbocycles. The maximum Gasteiger partial charge on any atom is 0.328 e. The van der Waals surface area contributed by atoms with Gasteiger partial charge in [-0.1, -0.05) is 19.1 Å². The quantitative estimate of drug-likeness (QED) is 0.104. The van der Waals surface area contributed by atoms with Crippen LogP contribution in [-0.2, 0) is 28.8 Å². The summed E-state index contributed by atoms with van der Waals surface area (Å²) in [7, 11) is 2.16. The number of nitrogens with zero attached hydrogens (tertiary/aromatic N) is 4. The number of carbonyl (C=O) groups excluding carboxylic acids is 1. The fourth-order valence-electron chi connectivity index (χ4n) is 5.46. The highest BCUT2D eigenvalue weighted by Crippen LogP contribution is 2.25. The number of halogens is 1. The Kier molecular flexibility index (Phi) is 25.1. The number of phenols is 1. The van der Waals surface area contributed by atoms with E-state index in [9.17, 15) is 43.1 Å². The number of Topliss-reactive ketones (excluding diaryl/α,β-unsaturated/α-hetero) is 1. The van der Waals surface area contributed by atoms with Crippen LogP contribution in [0.1, 0.15) is 28.9 Å². The van der Waals surface area contributed by atoms with Crippen LogP contribution in [0.15, 0.2) is 85.0 Å². The predicted octanol–water partition coefficient (Wildman–Crippen LogP) is 1.27. The van der Waals surface area contributed by atoms with Crippen LogP contribution in [0, 0.1) is 11.7 Å². The first-order valence-corrected chi connectivity index (χ1v) is 17.6. The topological polar surface area (TPSA) is 306 Å². The second kappa shape index (κ2) is 28.1. The highest BCUT2D eigenvalue weighted by molar-refractivity contribution is 5.98. The molecule has 19 nitrogen and oxygen atoms in total. The van der Waals surface area contributed by atoms with Crippen molar-refractivity contribution < 1.29 is 79.2 Å². The molecule has 0 spiro atoms. The minimum atomic E-state index is -1.26. The van der Waals surface area contributed by atoms with Gasteiger partial charge in [-0.2, -0.15) is 0 Å². The summed E-state index contributed by atoms with van der Waals surface area (Å²) in [6.07, 6.45) is 3.35. The number of carboxylic acid groups (broad SMARTS) is 6. The molecule has 324 valence electrons. The molecular weight excluding hydrogens is 783 g/mol. The summed E-state index contributed by atoms with van der Waals surface area (Å²) < 4.78 is 13.6. The molecule has 59 heavy (non-hydrogen) atoms. The van der Waals surface area contributed by atoms with Gasteiger partial charge in [-0.3, -0.25) is 14.6 Å². The van der Waals surface area contributed by atoms with Crippen molar-refractivity contribution in [1.82, 2.24) is 19.6 Å². The molecule has 2 atom stereocenters. The third-order valence-electron chi connectivity index (χ3n) is 8.37. The van der Waals surface area contributed by atoms with Gasteiger partial charge in [0.15, 0.2) is 5.78 Å². The largest absolute Gasteiger partial charge is 0.508 e. The summed E-state index contributed by atoms with van der Waals surface area (Å²) >= 11 is 0. The molecule has 2 aromatic rings. The van der Waals surface area contributed by atoms with Crippen molar-refractivity contribution in [1.29, 1.82) is 0 Å². The zero-order chi connectivity index (χ0) is 43.8. The van der Waals surface area contributed by atoms with Crippen LogP contribution in [0.2, 0.25) is 0 Å². The Morgan fingerprint density at radius 2 is 0.932 bits per heavy atom. The van der Waals surface area contributed by atoms with E-state index in [0.29, 0.717) is 42.0 Å². The molecular formula is C39H51FN4O15. The fraction of sp³-hybridized carbons (Fsp3) is 0.359. The van der Waals surface area contributed by atoms with Crippen molar-refractivity contribution in [3.8, 4) is 5.75 Å². The van der Waals surface area contributed by atoms with Crippen molar-refractivity contribution in [3.05, 3.63) is 102 Å². The number of piperazine rings is 2. The van der Waals surface area contributed by atoms with Gasteiger partial charge in [0.2, 0.25) is 0 Å². The Balaban J connectivity index is 0.00000110. The highest BCUT2D eigenvalue weighted by atomic mass is 19.1. The van der Waals surface area contributed by atoms with Crippen LogP contribution in [-0.4, -0.2) is 175 Å². The highest BCUT2D eigenvalue weighted by Gasteiger charge is 2.28. The van der Waals surface area contributed by atoms with E-state index in [1.807, 2.05) is 19.1 Å². The van der Waals surface area contributed by atoms with Crippen LogP contribution >= 0.6 is 0 Å². The van der Waals surface area contributed by atoms with E-state index in [4.69, 9.17) is 30.6 Å². The Bertz CT molecular complexity index is 1620. The number of aromatic hydroxyl groups is 1. The normalized spacial score (nSPS) is 15.8. The van der Waals surface area contributed by atoms with E-state index in [1.54, 1.807) is 36.4 Å². The maximum atomic E-state index is 13.6. The van der Waals surface area contributed by atoms with Gasteiger partial charge in [0.05, 0.1) is 0 Å². The van der Waals surface area contributed by atoms with Gasteiger partial charge in [0.25, 0.3) is 0 Å². The third-order valence-corrected chi connectivity index (χ3v) is 8.37. The lowest BCUT2D eigenvalue weighted by Crippen LogP contribution is -2.52. The van der Waals surface area contributed by atoms with Crippen molar-refractivity contribution in [3.63, 3.8) is 0 Å². The molecule has 0 bridgehead atoms. The smallest absolute Gasteiger partial charge is 0.328 e. The number of rotatable bonds is 14. The number of phenolic OH excluding ortho intramolecular Hbond substituents is 1. The summed E-state index contributed by atoms with van der Waals surface area (Å²) in [5, 5.41) is 56.3. The van der Waals surface area contributed by atoms with Gasteiger partial charge < -0.3 is 51.0 Å². The summed E-state index contributed by atoms with van der Waals surface area (Å²) in [5.41, 5.74) is 1.83. The average molecular weight is 835 g/mol. The first-order valence-electron chi connectivity index (χ1n) is 17.6. The molecule has 0 aromatic heterocycles. The molecule has 2 heterocycles. The maximum absolute atomic E-state index is 13.6. The number of likely N-dealkylation sites (N-methyl/N-ethyl adjacent to an activating group) is 1. The Hall–Kier alpha value is -6.32. The van der Waals surface area contributed by atoms with Gasteiger partial charge in [0.1, 0.15) is 11.6 Å². The average Bonchev–Trinajstić information content (AvgIpc) is 3.17. The zero-order valence-electron chi connectivity index (χ0n) is 32.5. The van der Waals surface area contributed by atoms with Crippen LogP contribution in [0.4, 0.5) is 4.39 Å². The molecule has 2 saturated heterocycles. The molecule has 4 rings (SSSR count). The third kappa shape index (κ3) is 24.1. The molecule has 0 saturated carbocycles. The van der Waals surface area contributed by atoms with Crippen LogP contribution < -0.4 is 0 Å². The minimum absolute atomic E-state index is 0. The Morgan fingerprint density at radius 3 is 1.29 bits per heavy atom. The molecule has 2 unspecified atom stereocenters. The lowest BCUT2D eigenvalue weighted by molar-refractivity contribution is -0.134. The molecule has 2 fully saturated rings. The summed E-state index contributed by atoms with van der Waals surface area (Å²) in [5.74, 6) is -7.53. The molecule has 0 aliphatic carbocycles. The van der Waals surface area contributed by atoms with Crippen LogP contribution in [0.25, 0.3) is 0 Å². The van der Waals surface area contributed by atoms with Crippen LogP contribution in [0.5, 0.6) is 5.75 Å². The minimum Gasteiger partial charge on any atom is -0.508 e. The first kappa shape index (κ1) is 52.7. The lowest BCUT2D eigenvalue weighted by atomic mass is 9.98. The van der Waals surface area contributed by atoms with Crippen molar-refractivity contribution >= 4 is 41.6 Å². The van der Waals surface area contributed by atoms with Crippen LogP contribution in [0.3, 0.4) is 0 Å². The predicted molar refractivity (Wildman–Crippen MR) is 210 cm³/mol. The van der Waals surface area contributed by atoms with E-state index in [2.05, 4.69) is 26.6 Å². The fourth-order valence-corrected chi connectivity index (χ4v) is 5.46. The first-order chi connectivity index (χ1) is 27.3. The number of hydrogen-bond acceptors (Lipinski definition) is 12. The van der Waals surface area contributed by atoms with Gasteiger partial charge in [-0.05, 0) is 49.0 Å². The standard InChI is InChI=1S/C27H37FN4O2.3C4H4O4.H2O/c1-21(27(34)23-5-9-25(33)10-6-23)19-30-13-15-31(16-14-30)20-26(22-3-7-24(28)8-4-22)32-17-11-29(2)12-18-32;3*5-3(6)1-2-4(7)8;/h3-10,21,26,33H,11-20H2,1-2H3;3*1-2H,(H,5,6)(H,7,8);1H2. The summed E-state index contributed by atoms with van der Waals surface area (Å²) in [6.45, 7) is 11.6. The van der Waals surface area contributed by atoms with Crippen molar-refractivity contribution in [2.24, 2.45) is 5.92 Å². The number of benzene rings is 2. The molecule has 0 amide bonds. The SMILES string of the molecule is CC(CN1CCN(CC(c2ccc(F)cc2)N2CCN(C)CC2)CC1)C(=O)c1ccc(O)cc1.O.O=C(O)C=CC(=O)O.O=C(O)C=CC(=O)O.O=C(O)C=CC(=O)O. The number of aliphatic carboxylic acids is 6. The van der Waals surface area contributed by atoms with E-state index >= 15 is 0 Å². The summed E-state index contributed by atoms with van der Waals surface area (Å²) in [6, 6.07) is 13.8. The van der Waals surface area contributed by atoms with E-state index in [1.165, 1.54) is 5.56 Å².